The highest BCUT2D eigenvalue weighted by atomic mass is 16.5. The fourth-order valence-electron chi connectivity index (χ4n) is 2.41. The number of ether oxygens (including phenoxy) is 1. The van der Waals surface area contributed by atoms with Crippen molar-refractivity contribution >= 4 is 22.6 Å². The van der Waals surface area contributed by atoms with E-state index in [0.29, 0.717) is 12.2 Å². The second-order valence-electron chi connectivity index (χ2n) is 4.90. The van der Waals surface area contributed by atoms with Gasteiger partial charge in [0.05, 0.1) is 17.8 Å². The van der Waals surface area contributed by atoms with Crippen molar-refractivity contribution < 1.29 is 9.53 Å². The minimum Gasteiger partial charge on any atom is -0.462 e. The average molecular weight is 286 g/mol. The Morgan fingerprint density at radius 1 is 1.29 bits per heavy atom. The molecule has 2 rings (SSSR count). The number of nitrogens with one attached hydrogen (secondary N) is 1. The molecule has 4 nitrogen and oxygen atoms in total. The number of esters is 1. The lowest BCUT2D eigenvalue weighted by Crippen LogP contribution is -2.11. The van der Waals surface area contributed by atoms with Gasteiger partial charge in [0.1, 0.15) is 5.56 Å². The number of aromatic nitrogens is 1. The van der Waals surface area contributed by atoms with Gasteiger partial charge < -0.3 is 10.1 Å². The van der Waals surface area contributed by atoms with E-state index in [4.69, 9.17) is 4.74 Å². The zero-order chi connectivity index (χ0) is 15.2. The summed E-state index contributed by atoms with van der Waals surface area (Å²) in [5.41, 5.74) is 3.46. The number of hydrogen-bond acceptors (Lipinski definition) is 4. The van der Waals surface area contributed by atoms with Crippen LogP contribution in [-0.4, -0.2) is 24.1 Å². The Bertz CT molecular complexity index is 638. The molecule has 21 heavy (non-hydrogen) atoms. The van der Waals surface area contributed by atoms with Gasteiger partial charge in [-0.2, -0.15) is 0 Å². The Hall–Kier alpha value is -2.10. The van der Waals surface area contributed by atoms with Gasteiger partial charge in [-0.1, -0.05) is 19.4 Å². The van der Waals surface area contributed by atoms with Crippen LogP contribution in [0.5, 0.6) is 0 Å². The van der Waals surface area contributed by atoms with Gasteiger partial charge in [-0.3, -0.25) is 4.98 Å². The molecular weight excluding hydrogens is 264 g/mol. The Morgan fingerprint density at radius 3 is 2.76 bits per heavy atom. The number of pyridine rings is 1. The van der Waals surface area contributed by atoms with E-state index in [-0.39, 0.29) is 5.97 Å². The summed E-state index contributed by atoms with van der Waals surface area (Å²) in [7, 11) is 0. The summed E-state index contributed by atoms with van der Waals surface area (Å²) in [5.74, 6) is -0.330. The molecular formula is C17H22N2O2. The van der Waals surface area contributed by atoms with Crippen LogP contribution in [0.15, 0.2) is 24.4 Å². The minimum absolute atomic E-state index is 0.330. The van der Waals surface area contributed by atoms with Gasteiger partial charge in [-0.15, -0.1) is 0 Å². The zero-order valence-electron chi connectivity index (χ0n) is 12.9. The number of fused-ring (bicyclic) bond motifs is 1. The average Bonchev–Trinajstić information content (AvgIpc) is 2.48. The van der Waals surface area contributed by atoms with E-state index >= 15 is 0 Å². The first-order chi connectivity index (χ1) is 10.2. The zero-order valence-corrected chi connectivity index (χ0v) is 12.9. The molecule has 0 aliphatic carbocycles. The third-order valence-electron chi connectivity index (χ3n) is 3.32. The first-order valence-electron chi connectivity index (χ1n) is 7.53. The van der Waals surface area contributed by atoms with Crippen molar-refractivity contribution in [2.75, 3.05) is 18.5 Å². The highest BCUT2D eigenvalue weighted by molar-refractivity contribution is 6.05. The number of nitrogens with zero attached hydrogens (tertiary/aromatic N) is 1. The van der Waals surface area contributed by atoms with Gasteiger partial charge in [-0.25, -0.2) is 4.79 Å². The predicted molar refractivity (Wildman–Crippen MR) is 85.9 cm³/mol. The highest BCUT2D eigenvalue weighted by Gasteiger charge is 2.16. The first kappa shape index (κ1) is 15.3. The van der Waals surface area contributed by atoms with Crippen molar-refractivity contribution in [1.82, 2.24) is 4.98 Å². The van der Waals surface area contributed by atoms with Crippen molar-refractivity contribution in [3.05, 3.63) is 35.5 Å². The van der Waals surface area contributed by atoms with E-state index in [0.717, 1.165) is 36.0 Å². The SMILES string of the molecule is CCCc1ccc2ncc(C(=O)OCC)c(NCC)c2c1. The maximum Gasteiger partial charge on any atom is 0.341 e. The minimum atomic E-state index is -0.330. The number of benzene rings is 1. The van der Waals surface area contributed by atoms with E-state index in [9.17, 15) is 4.79 Å². The fourth-order valence-corrected chi connectivity index (χ4v) is 2.41. The van der Waals surface area contributed by atoms with Gasteiger partial charge in [0.25, 0.3) is 0 Å². The molecule has 0 saturated carbocycles. The van der Waals surface area contributed by atoms with Crippen molar-refractivity contribution in [3.8, 4) is 0 Å². The molecule has 0 radical (unpaired) electrons. The number of anilines is 1. The van der Waals surface area contributed by atoms with Crippen LogP contribution in [0.3, 0.4) is 0 Å². The summed E-state index contributed by atoms with van der Waals surface area (Å²) in [4.78, 5) is 16.5. The van der Waals surface area contributed by atoms with E-state index in [1.165, 1.54) is 5.56 Å². The lowest BCUT2D eigenvalue weighted by molar-refractivity contribution is 0.0527. The number of aryl methyl sites for hydroxylation is 1. The number of carbonyl (C=O) groups excluding carboxylic acids is 1. The number of hydrogen-bond donors (Lipinski definition) is 1. The lowest BCUT2D eigenvalue weighted by atomic mass is 10.0. The van der Waals surface area contributed by atoms with Crippen LogP contribution in [0, 0.1) is 0 Å². The third kappa shape index (κ3) is 3.32. The standard InChI is InChI=1S/C17H22N2O2/c1-4-7-12-8-9-15-13(10-12)16(18-5-2)14(11-19-15)17(20)21-6-3/h8-11H,4-7H2,1-3H3,(H,18,19). The van der Waals surface area contributed by atoms with Crippen LogP contribution in [0.4, 0.5) is 5.69 Å². The lowest BCUT2D eigenvalue weighted by Gasteiger charge is -2.13. The second kappa shape index (κ2) is 7.07. The van der Waals surface area contributed by atoms with Crippen LogP contribution >= 0.6 is 0 Å². The van der Waals surface area contributed by atoms with Crippen LogP contribution in [-0.2, 0) is 11.2 Å². The molecule has 112 valence electrons. The first-order valence-corrected chi connectivity index (χ1v) is 7.53. The molecule has 0 amide bonds. The molecule has 0 unspecified atom stereocenters. The molecule has 0 bridgehead atoms. The van der Waals surface area contributed by atoms with Gasteiger partial charge in [0.15, 0.2) is 0 Å². The highest BCUT2D eigenvalue weighted by Crippen LogP contribution is 2.28. The molecule has 0 aliphatic rings. The van der Waals surface area contributed by atoms with Crippen molar-refractivity contribution in [3.63, 3.8) is 0 Å². The van der Waals surface area contributed by atoms with E-state index in [2.05, 4.69) is 29.4 Å². The summed E-state index contributed by atoms with van der Waals surface area (Å²) in [5, 5.41) is 4.27. The Morgan fingerprint density at radius 2 is 2.10 bits per heavy atom. The molecule has 0 spiro atoms. The quantitative estimate of drug-likeness (QED) is 0.821. The molecule has 2 aromatic rings. The number of carbonyl (C=O) groups is 1. The Labute approximate surface area is 125 Å². The molecule has 1 heterocycles. The summed E-state index contributed by atoms with van der Waals surface area (Å²) >= 11 is 0. The summed E-state index contributed by atoms with van der Waals surface area (Å²) in [6.45, 7) is 7.07. The topological polar surface area (TPSA) is 51.2 Å². The normalized spacial score (nSPS) is 10.6. The summed E-state index contributed by atoms with van der Waals surface area (Å²) in [6.07, 6.45) is 3.70. The maximum absolute atomic E-state index is 12.1. The molecule has 0 aliphatic heterocycles. The van der Waals surface area contributed by atoms with Crippen molar-refractivity contribution in [1.29, 1.82) is 0 Å². The Kier molecular flexibility index (Phi) is 5.14. The maximum atomic E-state index is 12.1. The van der Waals surface area contributed by atoms with Crippen LogP contribution in [0.25, 0.3) is 10.9 Å². The smallest absolute Gasteiger partial charge is 0.341 e. The molecule has 0 fully saturated rings. The fraction of sp³-hybridized carbons (Fsp3) is 0.412. The second-order valence-corrected chi connectivity index (χ2v) is 4.90. The van der Waals surface area contributed by atoms with E-state index < -0.39 is 0 Å². The summed E-state index contributed by atoms with van der Waals surface area (Å²) in [6, 6.07) is 6.22. The molecule has 1 N–H and O–H groups in total. The molecule has 4 heteroatoms. The summed E-state index contributed by atoms with van der Waals surface area (Å²) < 4.78 is 5.12. The van der Waals surface area contributed by atoms with E-state index in [1.807, 2.05) is 13.0 Å². The van der Waals surface area contributed by atoms with Gasteiger partial charge in [0.2, 0.25) is 0 Å². The van der Waals surface area contributed by atoms with Crippen molar-refractivity contribution in [2.45, 2.75) is 33.6 Å². The predicted octanol–water partition coefficient (Wildman–Crippen LogP) is 3.80. The molecule has 0 atom stereocenters. The van der Waals surface area contributed by atoms with Crippen LogP contribution in [0.2, 0.25) is 0 Å². The largest absolute Gasteiger partial charge is 0.462 e. The van der Waals surface area contributed by atoms with Crippen LogP contribution < -0.4 is 5.32 Å². The number of rotatable bonds is 6. The van der Waals surface area contributed by atoms with Gasteiger partial charge >= 0.3 is 5.97 Å². The van der Waals surface area contributed by atoms with Crippen molar-refractivity contribution in [2.24, 2.45) is 0 Å². The van der Waals surface area contributed by atoms with Gasteiger partial charge in [0, 0.05) is 18.1 Å². The monoisotopic (exact) mass is 286 g/mol. The third-order valence-corrected chi connectivity index (χ3v) is 3.32. The molecule has 0 saturated heterocycles. The van der Waals surface area contributed by atoms with E-state index in [1.54, 1.807) is 13.1 Å². The Balaban J connectivity index is 2.58. The van der Waals surface area contributed by atoms with Crippen LogP contribution in [0.1, 0.15) is 43.1 Å². The molecule has 1 aromatic carbocycles. The molecule has 1 aromatic heterocycles. The van der Waals surface area contributed by atoms with Gasteiger partial charge in [-0.05, 0) is 38.0 Å².